The first-order valence-corrected chi connectivity index (χ1v) is 10.1. The number of nitrogens with one attached hydrogen (secondary N) is 1. The first-order chi connectivity index (χ1) is 14.6. The molecule has 0 bridgehead atoms. The minimum atomic E-state index is -0.0508. The highest BCUT2D eigenvalue weighted by Crippen LogP contribution is 2.42. The number of aryl methyl sites for hydroxylation is 1. The van der Waals surface area contributed by atoms with Crippen molar-refractivity contribution in [3.05, 3.63) is 77.0 Å². The van der Waals surface area contributed by atoms with Crippen LogP contribution in [-0.2, 0) is 11.8 Å². The van der Waals surface area contributed by atoms with Gasteiger partial charge in [0.2, 0.25) is 5.56 Å². The van der Waals surface area contributed by atoms with Gasteiger partial charge in [-0.3, -0.25) is 4.79 Å². The Bertz CT molecular complexity index is 1250. The third-order valence-corrected chi connectivity index (χ3v) is 5.80. The maximum absolute atomic E-state index is 11.9. The van der Waals surface area contributed by atoms with Crippen molar-refractivity contribution in [2.24, 2.45) is 7.05 Å². The number of hydrogen-bond acceptors (Lipinski definition) is 4. The summed E-state index contributed by atoms with van der Waals surface area (Å²) >= 11 is 0. The number of nitrogens with zero attached hydrogens (tertiary/aromatic N) is 2. The molecule has 0 unspecified atom stereocenters. The molecule has 6 heteroatoms. The van der Waals surface area contributed by atoms with Crippen LogP contribution >= 0.6 is 0 Å². The lowest BCUT2D eigenvalue weighted by Gasteiger charge is -2.32. The van der Waals surface area contributed by atoms with Crippen LogP contribution in [0.25, 0.3) is 22.2 Å². The Hall–Kier alpha value is -3.38. The average molecular weight is 401 g/mol. The molecular formula is C24H23N3O3. The molecule has 5 rings (SSSR count). The predicted octanol–water partition coefficient (Wildman–Crippen LogP) is 4.61. The molecule has 0 radical (unpaired) electrons. The third-order valence-electron chi connectivity index (χ3n) is 5.80. The molecule has 1 aliphatic rings. The van der Waals surface area contributed by atoms with Crippen molar-refractivity contribution >= 4 is 11.0 Å². The molecule has 4 aromatic rings. The van der Waals surface area contributed by atoms with Gasteiger partial charge in [-0.25, -0.2) is 4.98 Å². The average Bonchev–Trinajstić information content (AvgIpc) is 3.15. The van der Waals surface area contributed by atoms with Crippen molar-refractivity contribution in [1.82, 2.24) is 14.5 Å². The standard InChI is InChI=1S/C24H23N3O3/c1-27-14-15(8-11-21(27)28)19-9-10-20-22(23(19)30-17-6-4-3-5-7-17)26-24(25-20)16-12-18(13-16)29-2/h3-11,14,16,18H,12-13H2,1-2H3,(H,25,26). The van der Waals surface area contributed by atoms with Gasteiger partial charge in [-0.15, -0.1) is 0 Å². The van der Waals surface area contributed by atoms with Crippen LogP contribution < -0.4 is 10.3 Å². The number of imidazole rings is 1. The molecule has 30 heavy (non-hydrogen) atoms. The molecule has 1 N–H and O–H groups in total. The lowest BCUT2D eigenvalue weighted by molar-refractivity contribution is 0.0239. The van der Waals surface area contributed by atoms with Crippen LogP contribution in [0.1, 0.15) is 24.6 Å². The highest BCUT2D eigenvalue weighted by Gasteiger charge is 2.33. The molecule has 0 atom stereocenters. The van der Waals surface area contributed by atoms with E-state index in [1.807, 2.05) is 54.7 Å². The van der Waals surface area contributed by atoms with Gasteiger partial charge in [-0.05, 0) is 43.2 Å². The van der Waals surface area contributed by atoms with Crippen LogP contribution in [0, 0.1) is 0 Å². The topological polar surface area (TPSA) is 69.1 Å². The summed E-state index contributed by atoms with van der Waals surface area (Å²) in [6.07, 6.45) is 4.08. The van der Waals surface area contributed by atoms with E-state index in [4.69, 9.17) is 14.5 Å². The number of methoxy groups -OCH3 is 1. The predicted molar refractivity (Wildman–Crippen MR) is 116 cm³/mol. The molecule has 6 nitrogen and oxygen atoms in total. The van der Waals surface area contributed by atoms with Crippen molar-refractivity contribution in [3.63, 3.8) is 0 Å². The second kappa shape index (κ2) is 7.46. The fraction of sp³-hybridized carbons (Fsp3) is 0.250. The Morgan fingerprint density at radius 1 is 1.07 bits per heavy atom. The van der Waals surface area contributed by atoms with E-state index in [0.717, 1.165) is 46.6 Å². The maximum Gasteiger partial charge on any atom is 0.250 e. The van der Waals surface area contributed by atoms with Crippen LogP contribution in [0.3, 0.4) is 0 Å². The summed E-state index contributed by atoms with van der Waals surface area (Å²) in [4.78, 5) is 20.3. The Morgan fingerprint density at radius 2 is 1.87 bits per heavy atom. The minimum absolute atomic E-state index is 0.0508. The van der Waals surface area contributed by atoms with E-state index in [-0.39, 0.29) is 5.56 Å². The molecule has 1 fully saturated rings. The van der Waals surface area contributed by atoms with Crippen molar-refractivity contribution in [2.45, 2.75) is 24.9 Å². The zero-order valence-electron chi connectivity index (χ0n) is 17.0. The summed E-state index contributed by atoms with van der Waals surface area (Å²) in [6.45, 7) is 0. The summed E-state index contributed by atoms with van der Waals surface area (Å²) < 4.78 is 13.3. The maximum atomic E-state index is 11.9. The monoisotopic (exact) mass is 401 g/mol. The number of hydrogen-bond donors (Lipinski definition) is 1. The fourth-order valence-corrected chi connectivity index (χ4v) is 3.93. The molecule has 2 aromatic heterocycles. The number of fused-ring (bicyclic) bond motifs is 1. The van der Waals surface area contributed by atoms with Gasteiger partial charge in [0.15, 0.2) is 5.75 Å². The molecule has 0 aliphatic heterocycles. The van der Waals surface area contributed by atoms with Crippen molar-refractivity contribution in [3.8, 4) is 22.6 Å². The van der Waals surface area contributed by atoms with Gasteiger partial charge in [-0.2, -0.15) is 0 Å². The number of rotatable bonds is 5. The lowest BCUT2D eigenvalue weighted by atomic mass is 9.82. The first kappa shape index (κ1) is 18.6. The zero-order chi connectivity index (χ0) is 20.7. The second-order valence-electron chi connectivity index (χ2n) is 7.77. The summed E-state index contributed by atoms with van der Waals surface area (Å²) in [5.74, 6) is 2.76. The highest BCUT2D eigenvalue weighted by atomic mass is 16.5. The summed E-state index contributed by atoms with van der Waals surface area (Å²) in [6, 6.07) is 17.1. The quantitative estimate of drug-likeness (QED) is 0.530. The molecular weight excluding hydrogens is 378 g/mol. The molecule has 0 amide bonds. The Kier molecular flexibility index (Phi) is 4.64. The van der Waals surface area contributed by atoms with Crippen molar-refractivity contribution < 1.29 is 9.47 Å². The Balaban J connectivity index is 1.64. The van der Waals surface area contributed by atoms with Gasteiger partial charge in [0.05, 0.1) is 11.6 Å². The van der Waals surface area contributed by atoms with Gasteiger partial charge in [-0.1, -0.05) is 18.2 Å². The highest BCUT2D eigenvalue weighted by molar-refractivity contribution is 5.91. The molecule has 0 saturated heterocycles. The van der Waals surface area contributed by atoms with E-state index in [1.54, 1.807) is 24.8 Å². The van der Waals surface area contributed by atoms with Gasteiger partial charge < -0.3 is 19.0 Å². The number of aromatic amines is 1. The Morgan fingerprint density at radius 3 is 2.60 bits per heavy atom. The van der Waals surface area contributed by atoms with Gasteiger partial charge in [0.1, 0.15) is 17.1 Å². The Labute approximate surface area is 174 Å². The molecule has 1 aliphatic carbocycles. The van der Waals surface area contributed by atoms with Gasteiger partial charge in [0.25, 0.3) is 0 Å². The molecule has 152 valence electrons. The van der Waals surface area contributed by atoms with E-state index in [2.05, 4.69) is 4.98 Å². The van der Waals surface area contributed by atoms with Crippen molar-refractivity contribution in [1.29, 1.82) is 0 Å². The molecule has 1 saturated carbocycles. The minimum Gasteiger partial charge on any atom is -0.454 e. The van der Waals surface area contributed by atoms with Crippen LogP contribution in [0.15, 0.2) is 65.6 Å². The summed E-state index contributed by atoms with van der Waals surface area (Å²) in [5.41, 5.74) is 3.47. The first-order valence-electron chi connectivity index (χ1n) is 10.1. The number of aromatic nitrogens is 3. The SMILES string of the molecule is COC1CC(c2nc3c(Oc4ccccc4)c(-c4ccc(=O)n(C)c4)ccc3[nH]2)C1. The third kappa shape index (κ3) is 3.29. The zero-order valence-corrected chi connectivity index (χ0v) is 17.0. The van der Waals surface area contributed by atoms with E-state index in [9.17, 15) is 4.79 Å². The largest absolute Gasteiger partial charge is 0.454 e. The molecule has 0 spiro atoms. The smallest absolute Gasteiger partial charge is 0.250 e. The summed E-state index contributed by atoms with van der Waals surface area (Å²) in [5, 5.41) is 0. The van der Waals surface area contributed by atoms with Crippen LogP contribution in [0.5, 0.6) is 11.5 Å². The number of para-hydroxylation sites is 1. The fourth-order valence-electron chi connectivity index (χ4n) is 3.93. The second-order valence-corrected chi connectivity index (χ2v) is 7.77. The van der Waals surface area contributed by atoms with Gasteiger partial charge in [0, 0.05) is 43.5 Å². The van der Waals surface area contributed by atoms with Crippen LogP contribution in [0.4, 0.5) is 0 Å². The normalized spacial score (nSPS) is 18.3. The molecule has 2 heterocycles. The molecule has 2 aromatic carbocycles. The van der Waals surface area contributed by atoms with E-state index in [1.165, 1.54) is 0 Å². The number of ether oxygens (including phenoxy) is 2. The lowest BCUT2D eigenvalue weighted by Crippen LogP contribution is -2.29. The summed E-state index contributed by atoms with van der Waals surface area (Å²) in [7, 11) is 3.50. The number of benzene rings is 2. The number of H-pyrrole nitrogens is 1. The van der Waals surface area contributed by atoms with E-state index in [0.29, 0.717) is 17.8 Å². The van der Waals surface area contributed by atoms with E-state index >= 15 is 0 Å². The van der Waals surface area contributed by atoms with Gasteiger partial charge >= 0.3 is 0 Å². The number of pyridine rings is 1. The van der Waals surface area contributed by atoms with E-state index < -0.39 is 0 Å². The van der Waals surface area contributed by atoms with Crippen molar-refractivity contribution in [2.75, 3.05) is 7.11 Å². The van der Waals surface area contributed by atoms with Crippen LogP contribution in [-0.4, -0.2) is 27.7 Å². The van der Waals surface area contributed by atoms with Crippen LogP contribution in [0.2, 0.25) is 0 Å².